The molecule has 0 aliphatic carbocycles. The van der Waals surface area contributed by atoms with Crippen LogP contribution in [0.2, 0.25) is 0 Å². The maximum Gasteiger partial charge on any atom is 0.477 e. The van der Waals surface area contributed by atoms with Crippen molar-refractivity contribution in [3.63, 3.8) is 0 Å². The molecule has 0 aliphatic heterocycles. The normalized spacial score (nSPS) is 12.2. The predicted molar refractivity (Wildman–Crippen MR) is 288 cm³/mol. The Morgan fingerprint density at radius 1 is 0.378 bits per heavy atom. The molecule has 3 aromatic heterocycles. The number of anilines is 3. The molecule has 0 bridgehead atoms. The fourth-order valence-electron chi connectivity index (χ4n) is 7.67. The molecule has 3 N–H and O–H groups in total. The molecule has 6 aromatic carbocycles. The van der Waals surface area contributed by atoms with Crippen molar-refractivity contribution >= 4 is 123 Å². The third-order valence-electron chi connectivity index (χ3n) is 11.4. The number of amides is 3. The zero-order valence-corrected chi connectivity index (χ0v) is 43.8. The van der Waals surface area contributed by atoms with Crippen molar-refractivity contribution in [1.82, 2.24) is 15.0 Å². The average molecular weight is 1070 g/mol. The van der Waals surface area contributed by atoms with Gasteiger partial charge >= 0.3 is 7.82 Å². The lowest BCUT2D eigenvalue weighted by atomic mass is 9.96. The van der Waals surface area contributed by atoms with Gasteiger partial charge in [-0.05, 0) is 114 Å². The lowest BCUT2D eigenvalue weighted by Gasteiger charge is -2.36. The van der Waals surface area contributed by atoms with Gasteiger partial charge in [-0.2, -0.15) is 0 Å². The highest BCUT2D eigenvalue weighted by Gasteiger charge is 2.50. The average Bonchev–Trinajstić information content (AvgIpc) is 4.11. The first-order chi connectivity index (χ1) is 35.1. The van der Waals surface area contributed by atoms with Gasteiger partial charge in [-0.15, -0.1) is 0 Å². The summed E-state index contributed by atoms with van der Waals surface area (Å²) < 4.78 is 36.3. The highest BCUT2D eigenvalue weighted by molar-refractivity contribution is 7.48. The molecular formula is C54H45N6O10PS3. The molecule has 20 heteroatoms. The zero-order valence-electron chi connectivity index (χ0n) is 40.5. The maximum absolute atomic E-state index is 15.3. The van der Waals surface area contributed by atoms with Crippen LogP contribution in [0.15, 0.2) is 146 Å². The number of ketones is 3. The number of phosphoric ester groups is 1. The highest BCUT2D eigenvalue weighted by atomic mass is 32.1. The standard InChI is InChI=1S/C54H45N6O10PS3/c1-52(2,43(61)31-19-25-34(26-20-31)46(64)58-49-55-37-13-7-10-16-40(37)72-49)68-71(67,69-53(3,4)44(62)32-21-27-35(28-22-32)47(65)59-50-56-38-14-8-11-17-41(38)73-50)70-54(5,6)45(63)33-23-29-36(30-24-33)48(66)60-51-57-39-15-9-12-18-42(39)74-51/h7-30H,1-6H3,(H,55,58,64)(H,56,59,65)(H,57,60,66). The second-order valence-corrected chi connectivity index (χ2v) is 22.8. The minimum Gasteiger partial charge on any atom is -0.298 e. The van der Waals surface area contributed by atoms with Gasteiger partial charge in [0.25, 0.3) is 17.7 Å². The summed E-state index contributed by atoms with van der Waals surface area (Å²) in [7, 11) is -5.21. The van der Waals surface area contributed by atoms with Gasteiger partial charge in [0.2, 0.25) is 0 Å². The van der Waals surface area contributed by atoms with E-state index in [0.717, 1.165) is 30.6 Å². The Labute approximate surface area is 435 Å². The minimum atomic E-state index is -5.21. The van der Waals surface area contributed by atoms with Crippen LogP contribution in [-0.2, 0) is 18.1 Å². The molecule has 0 unspecified atom stereocenters. The molecule has 374 valence electrons. The van der Waals surface area contributed by atoms with E-state index in [9.17, 15) is 28.8 Å². The largest absolute Gasteiger partial charge is 0.477 e. The Bertz CT molecular complexity index is 3230. The third-order valence-corrected chi connectivity index (χ3v) is 16.3. The fourth-order valence-corrected chi connectivity index (χ4v) is 12.3. The van der Waals surface area contributed by atoms with Gasteiger partial charge in [-0.3, -0.25) is 58.3 Å². The molecule has 0 saturated heterocycles. The number of benzene rings is 6. The van der Waals surface area contributed by atoms with Crippen molar-refractivity contribution in [2.24, 2.45) is 0 Å². The quantitative estimate of drug-likeness (QED) is 0.0538. The molecule has 74 heavy (non-hydrogen) atoms. The van der Waals surface area contributed by atoms with E-state index in [2.05, 4.69) is 30.9 Å². The monoisotopic (exact) mass is 1060 g/mol. The number of nitrogens with zero attached hydrogens (tertiary/aromatic N) is 3. The number of para-hydroxylation sites is 3. The summed E-state index contributed by atoms with van der Waals surface area (Å²) in [5.41, 5.74) is -3.01. The minimum absolute atomic E-state index is 0.0586. The third kappa shape index (κ3) is 11.3. The number of aromatic nitrogens is 3. The van der Waals surface area contributed by atoms with Gasteiger partial charge in [-0.1, -0.05) is 107 Å². The zero-order chi connectivity index (χ0) is 52.6. The number of hydrogen-bond donors (Lipinski definition) is 3. The van der Waals surface area contributed by atoms with Crippen molar-refractivity contribution in [3.8, 4) is 0 Å². The lowest BCUT2D eigenvalue weighted by molar-refractivity contribution is -0.0236. The van der Waals surface area contributed by atoms with Crippen molar-refractivity contribution < 1.29 is 46.9 Å². The predicted octanol–water partition coefficient (Wildman–Crippen LogP) is 12.7. The molecule has 0 fully saturated rings. The van der Waals surface area contributed by atoms with E-state index >= 15 is 4.57 Å². The summed E-state index contributed by atoms with van der Waals surface area (Å²) in [5.74, 6) is -3.53. The first kappa shape index (κ1) is 51.4. The van der Waals surface area contributed by atoms with Crippen LogP contribution < -0.4 is 16.0 Å². The van der Waals surface area contributed by atoms with E-state index in [1.807, 2.05) is 72.8 Å². The molecule has 0 atom stereocenters. The van der Waals surface area contributed by atoms with Crippen molar-refractivity contribution in [1.29, 1.82) is 0 Å². The number of rotatable bonds is 18. The molecule has 9 aromatic rings. The van der Waals surface area contributed by atoms with E-state index in [0.29, 0.717) is 15.4 Å². The number of carbonyl (C=O) groups is 6. The summed E-state index contributed by atoms with van der Waals surface area (Å²) in [6, 6.07) is 39.4. The number of hydrogen-bond acceptors (Lipinski definition) is 16. The fraction of sp³-hybridized carbons (Fsp3) is 0.167. The summed E-state index contributed by atoms with van der Waals surface area (Å²) in [4.78, 5) is 95.8. The Morgan fingerprint density at radius 2 is 0.608 bits per heavy atom. The van der Waals surface area contributed by atoms with E-state index in [-0.39, 0.29) is 33.4 Å². The first-order valence-corrected chi connectivity index (χ1v) is 26.7. The highest BCUT2D eigenvalue weighted by Crippen LogP contribution is 2.59. The molecule has 0 radical (unpaired) electrons. The van der Waals surface area contributed by atoms with Gasteiger partial charge in [0.15, 0.2) is 32.7 Å². The molecule has 3 heterocycles. The Morgan fingerprint density at radius 3 is 0.851 bits per heavy atom. The van der Waals surface area contributed by atoms with Gasteiger partial charge in [0, 0.05) is 33.4 Å². The maximum atomic E-state index is 15.3. The molecule has 16 nitrogen and oxygen atoms in total. The van der Waals surface area contributed by atoms with Crippen molar-refractivity contribution in [2.45, 2.75) is 58.3 Å². The van der Waals surface area contributed by atoms with Crippen LogP contribution in [0.1, 0.15) is 104 Å². The number of carbonyl (C=O) groups excluding carboxylic acids is 6. The van der Waals surface area contributed by atoms with Gasteiger partial charge < -0.3 is 0 Å². The second kappa shape index (κ2) is 20.4. The van der Waals surface area contributed by atoms with Crippen LogP contribution in [0.3, 0.4) is 0 Å². The number of phosphoric acid groups is 1. The summed E-state index contributed by atoms with van der Waals surface area (Å²) in [6.07, 6.45) is 0. The Balaban J connectivity index is 0.935. The van der Waals surface area contributed by atoms with E-state index < -0.39 is 59.7 Å². The number of Topliss-reactive ketones (excluding diaryl/α,β-unsaturated/α-hetero) is 3. The van der Waals surface area contributed by atoms with Gasteiger partial charge in [-0.25, -0.2) is 19.5 Å². The lowest BCUT2D eigenvalue weighted by Crippen LogP contribution is -2.42. The van der Waals surface area contributed by atoms with Crippen molar-refractivity contribution in [3.05, 3.63) is 179 Å². The van der Waals surface area contributed by atoms with E-state index in [1.54, 1.807) is 0 Å². The molecule has 9 rings (SSSR count). The summed E-state index contributed by atoms with van der Waals surface area (Å²) in [6.45, 7) is 7.93. The van der Waals surface area contributed by atoms with Crippen LogP contribution in [0.5, 0.6) is 0 Å². The number of nitrogens with one attached hydrogen (secondary N) is 3. The van der Waals surface area contributed by atoms with Crippen LogP contribution in [0, 0.1) is 0 Å². The van der Waals surface area contributed by atoms with Crippen LogP contribution >= 0.6 is 41.8 Å². The van der Waals surface area contributed by atoms with Crippen molar-refractivity contribution in [2.75, 3.05) is 16.0 Å². The first-order valence-electron chi connectivity index (χ1n) is 22.8. The van der Waals surface area contributed by atoms with E-state index in [1.165, 1.54) is 148 Å². The topological polar surface area (TPSA) is 222 Å². The second-order valence-electron chi connectivity index (χ2n) is 18.3. The SMILES string of the molecule is CC(C)(OP(=O)(OC(C)(C)C(=O)c1ccc(C(=O)Nc2nc3ccccc3s2)cc1)OC(C)(C)C(=O)c1ccc(C(=O)Nc2nc3ccccc3s2)cc1)C(=O)c1ccc(C(=O)Nc2nc3ccccc3s2)cc1. The van der Waals surface area contributed by atoms with E-state index in [4.69, 9.17) is 13.6 Å². The molecule has 0 saturated carbocycles. The molecule has 0 aliphatic rings. The number of thiazole rings is 3. The Hall–Kier alpha value is -7.48. The van der Waals surface area contributed by atoms with Crippen LogP contribution in [0.25, 0.3) is 30.6 Å². The smallest absolute Gasteiger partial charge is 0.298 e. The molecular weight excluding hydrogens is 1020 g/mol. The Kier molecular flexibility index (Phi) is 14.2. The van der Waals surface area contributed by atoms with Crippen LogP contribution in [-0.4, -0.2) is 66.8 Å². The van der Waals surface area contributed by atoms with Gasteiger partial charge in [0.05, 0.1) is 30.6 Å². The van der Waals surface area contributed by atoms with Crippen LogP contribution in [0.4, 0.5) is 15.4 Å². The molecule has 3 amide bonds. The number of fused-ring (bicyclic) bond motifs is 3. The summed E-state index contributed by atoms with van der Waals surface area (Å²) >= 11 is 3.93. The summed E-state index contributed by atoms with van der Waals surface area (Å²) in [5, 5.41) is 9.52. The van der Waals surface area contributed by atoms with Gasteiger partial charge in [0.1, 0.15) is 16.8 Å². The molecule has 0 spiro atoms.